The maximum absolute atomic E-state index is 12.6. The molecule has 0 fully saturated rings. The zero-order valence-electron chi connectivity index (χ0n) is 15.5. The fourth-order valence-electron chi connectivity index (χ4n) is 3.24. The number of nitrogens with zero attached hydrogens (tertiary/aromatic N) is 1. The Bertz CT molecular complexity index is 794. The average Bonchev–Trinajstić information content (AvgIpc) is 2.95. The first kappa shape index (κ1) is 20.1. The number of hydrogen-bond donors (Lipinski definition) is 2. The van der Waals surface area contributed by atoms with Gasteiger partial charge in [0.1, 0.15) is 5.75 Å². The molecule has 140 valence electrons. The average molecular weight is 376 g/mol. The lowest BCUT2D eigenvalue weighted by molar-refractivity contribution is 0.0956. The molecule has 0 atom stereocenters. The third kappa shape index (κ3) is 4.29. The zero-order valence-corrected chi connectivity index (χ0v) is 16.3. The molecule has 2 heterocycles. The molecule has 3 rings (SSSR count). The lowest BCUT2D eigenvalue weighted by Gasteiger charge is -2.14. The summed E-state index contributed by atoms with van der Waals surface area (Å²) >= 11 is 0. The Morgan fingerprint density at radius 1 is 1.27 bits per heavy atom. The molecule has 0 radical (unpaired) electrons. The molecule has 1 aliphatic rings. The first-order valence-corrected chi connectivity index (χ1v) is 8.60. The normalized spacial score (nSPS) is 13.6. The van der Waals surface area contributed by atoms with Gasteiger partial charge in [-0.15, -0.1) is 12.4 Å². The topological polar surface area (TPSA) is 55.3 Å². The Labute approximate surface area is 160 Å². The highest BCUT2D eigenvalue weighted by Crippen LogP contribution is 2.22. The van der Waals surface area contributed by atoms with E-state index in [2.05, 4.69) is 21.3 Å². The van der Waals surface area contributed by atoms with Gasteiger partial charge in [0.25, 0.3) is 5.91 Å². The van der Waals surface area contributed by atoms with E-state index < -0.39 is 0 Å². The summed E-state index contributed by atoms with van der Waals surface area (Å²) in [7, 11) is 1.65. The highest BCUT2D eigenvalue weighted by Gasteiger charge is 2.17. The fraction of sp³-hybridized carbons (Fsp3) is 0.350. The Kier molecular flexibility index (Phi) is 6.89. The van der Waals surface area contributed by atoms with Crippen LogP contribution in [0.15, 0.2) is 42.0 Å². The lowest BCUT2D eigenvalue weighted by atomic mass is 10.1. The molecular weight excluding hydrogens is 350 g/mol. The van der Waals surface area contributed by atoms with Crippen LogP contribution in [0.3, 0.4) is 0 Å². The van der Waals surface area contributed by atoms with Crippen LogP contribution in [0.2, 0.25) is 0 Å². The van der Waals surface area contributed by atoms with E-state index in [1.165, 1.54) is 5.57 Å². The van der Waals surface area contributed by atoms with Crippen molar-refractivity contribution in [2.45, 2.75) is 20.3 Å². The number of carbonyl (C=O) groups excluding carboxylic acids is 1. The van der Waals surface area contributed by atoms with Crippen LogP contribution in [0.4, 0.5) is 0 Å². The number of methoxy groups -OCH3 is 1. The van der Waals surface area contributed by atoms with Gasteiger partial charge in [0.2, 0.25) is 0 Å². The van der Waals surface area contributed by atoms with Crippen molar-refractivity contribution in [2.24, 2.45) is 0 Å². The van der Waals surface area contributed by atoms with E-state index in [9.17, 15) is 4.79 Å². The minimum absolute atomic E-state index is 0. The number of rotatable bonds is 5. The first-order valence-electron chi connectivity index (χ1n) is 8.60. The number of nitrogens with one attached hydrogen (secondary N) is 2. The summed E-state index contributed by atoms with van der Waals surface area (Å²) in [5.74, 6) is 0.798. The van der Waals surface area contributed by atoms with Gasteiger partial charge in [-0.05, 0) is 57.1 Å². The van der Waals surface area contributed by atoms with Gasteiger partial charge in [-0.1, -0.05) is 11.6 Å². The minimum Gasteiger partial charge on any atom is -0.497 e. The van der Waals surface area contributed by atoms with Crippen molar-refractivity contribution in [2.75, 3.05) is 26.7 Å². The van der Waals surface area contributed by atoms with Gasteiger partial charge in [0.15, 0.2) is 0 Å². The summed E-state index contributed by atoms with van der Waals surface area (Å²) in [6, 6.07) is 9.81. The lowest BCUT2D eigenvalue weighted by Crippen LogP contribution is -2.29. The predicted molar refractivity (Wildman–Crippen MR) is 107 cm³/mol. The van der Waals surface area contributed by atoms with Crippen LogP contribution in [-0.2, 0) is 0 Å². The fourth-order valence-corrected chi connectivity index (χ4v) is 3.24. The van der Waals surface area contributed by atoms with E-state index in [0.29, 0.717) is 6.54 Å². The van der Waals surface area contributed by atoms with Crippen molar-refractivity contribution < 1.29 is 9.53 Å². The summed E-state index contributed by atoms with van der Waals surface area (Å²) in [5, 5.41) is 6.33. The highest BCUT2D eigenvalue weighted by atomic mass is 35.5. The molecule has 0 unspecified atom stereocenters. The quantitative estimate of drug-likeness (QED) is 0.789. The second-order valence-corrected chi connectivity index (χ2v) is 6.32. The SMILES string of the molecule is COc1ccc(-n2c(C)cc(C(=O)NCC3=CCNCC3)c2C)cc1.Cl. The van der Waals surface area contributed by atoms with Crippen LogP contribution < -0.4 is 15.4 Å². The van der Waals surface area contributed by atoms with E-state index in [-0.39, 0.29) is 18.3 Å². The molecule has 5 nitrogen and oxygen atoms in total. The van der Waals surface area contributed by atoms with Crippen LogP contribution in [0.1, 0.15) is 28.2 Å². The van der Waals surface area contributed by atoms with Crippen molar-refractivity contribution in [1.29, 1.82) is 0 Å². The highest BCUT2D eigenvalue weighted by molar-refractivity contribution is 5.96. The Hall–Kier alpha value is -2.24. The van der Waals surface area contributed by atoms with Crippen molar-refractivity contribution in [3.63, 3.8) is 0 Å². The number of halogens is 1. The summed E-state index contributed by atoms with van der Waals surface area (Å²) in [5.41, 5.74) is 5.02. The molecule has 26 heavy (non-hydrogen) atoms. The molecule has 0 spiro atoms. The van der Waals surface area contributed by atoms with E-state index >= 15 is 0 Å². The van der Waals surface area contributed by atoms with E-state index in [4.69, 9.17) is 4.74 Å². The van der Waals surface area contributed by atoms with Gasteiger partial charge < -0.3 is 19.9 Å². The van der Waals surface area contributed by atoms with Crippen molar-refractivity contribution in [3.8, 4) is 11.4 Å². The summed E-state index contributed by atoms with van der Waals surface area (Å²) in [4.78, 5) is 12.6. The van der Waals surface area contributed by atoms with Gasteiger partial charge >= 0.3 is 0 Å². The van der Waals surface area contributed by atoms with Gasteiger partial charge in [0, 0.05) is 30.2 Å². The first-order chi connectivity index (χ1) is 12.1. The summed E-state index contributed by atoms with van der Waals surface area (Å²) in [6.07, 6.45) is 3.15. The number of hydrogen-bond acceptors (Lipinski definition) is 3. The van der Waals surface area contributed by atoms with E-state index in [1.54, 1.807) is 7.11 Å². The summed E-state index contributed by atoms with van der Waals surface area (Å²) in [6.45, 7) is 6.48. The smallest absolute Gasteiger partial charge is 0.253 e. The number of aryl methyl sites for hydroxylation is 1. The summed E-state index contributed by atoms with van der Waals surface area (Å²) < 4.78 is 7.31. The molecule has 0 bridgehead atoms. The maximum atomic E-state index is 12.6. The third-order valence-corrected chi connectivity index (χ3v) is 4.64. The van der Waals surface area contributed by atoms with Crippen LogP contribution in [-0.4, -0.2) is 37.2 Å². The number of aromatic nitrogens is 1. The second-order valence-electron chi connectivity index (χ2n) is 6.32. The Balaban J connectivity index is 0.00000243. The molecular formula is C20H26ClN3O2. The van der Waals surface area contributed by atoms with Crippen LogP contribution in [0.5, 0.6) is 5.75 Å². The number of amides is 1. The van der Waals surface area contributed by atoms with Crippen LogP contribution in [0.25, 0.3) is 5.69 Å². The zero-order chi connectivity index (χ0) is 17.8. The molecule has 0 saturated heterocycles. The van der Waals surface area contributed by atoms with E-state index in [1.807, 2.05) is 44.2 Å². The van der Waals surface area contributed by atoms with Gasteiger partial charge in [0.05, 0.1) is 12.7 Å². The van der Waals surface area contributed by atoms with Crippen LogP contribution >= 0.6 is 12.4 Å². The molecule has 1 aromatic heterocycles. The maximum Gasteiger partial charge on any atom is 0.253 e. The molecule has 2 aromatic rings. The largest absolute Gasteiger partial charge is 0.497 e. The van der Waals surface area contributed by atoms with E-state index in [0.717, 1.165) is 47.9 Å². The Morgan fingerprint density at radius 3 is 2.62 bits per heavy atom. The van der Waals surface area contributed by atoms with Crippen molar-refractivity contribution >= 4 is 18.3 Å². The molecule has 0 aliphatic carbocycles. The van der Waals surface area contributed by atoms with Gasteiger partial charge in [-0.25, -0.2) is 0 Å². The number of carbonyl (C=O) groups is 1. The monoisotopic (exact) mass is 375 g/mol. The minimum atomic E-state index is -0.0210. The Morgan fingerprint density at radius 2 is 2.00 bits per heavy atom. The number of ether oxygens (including phenoxy) is 1. The standard InChI is InChI=1S/C20H25N3O2.ClH/c1-14-12-19(20(24)22-13-16-8-10-21-11-9-16)15(2)23(14)17-4-6-18(25-3)7-5-17;/h4-8,12,21H,9-11,13H2,1-3H3,(H,22,24);1H. The number of benzene rings is 1. The van der Waals surface area contributed by atoms with Gasteiger partial charge in [-0.2, -0.15) is 0 Å². The van der Waals surface area contributed by atoms with Gasteiger partial charge in [-0.3, -0.25) is 4.79 Å². The predicted octanol–water partition coefficient (Wildman–Crippen LogP) is 3.17. The molecule has 2 N–H and O–H groups in total. The molecule has 1 aliphatic heterocycles. The molecule has 1 amide bonds. The van der Waals surface area contributed by atoms with Crippen LogP contribution in [0, 0.1) is 13.8 Å². The third-order valence-electron chi connectivity index (χ3n) is 4.64. The van der Waals surface area contributed by atoms with Crippen molar-refractivity contribution in [1.82, 2.24) is 15.2 Å². The molecule has 6 heteroatoms. The molecule has 0 saturated carbocycles. The molecule has 1 aromatic carbocycles. The van der Waals surface area contributed by atoms with Crippen molar-refractivity contribution in [3.05, 3.63) is 58.9 Å². The second kappa shape index (κ2) is 8.92.